The van der Waals surface area contributed by atoms with E-state index in [1.54, 1.807) is 30.8 Å². The van der Waals surface area contributed by atoms with Gasteiger partial charge in [-0.05, 0) is 30.4 Å². The van der Waals surface area contributed by atoms with Gasteiger partial charge < -0.3 is 5.32 Å². The molecule has 2 rings (SSSR count). The van der Waals surface area contributed by atoms with Crippen LogP contribution in [0.4, 0.5) is 17.1 Å². The van der Waals surface area contributed by atoms with Crippen molar-refractivity contribution in [3.63, 3.8) is 0 Å². The normalized spacial score (nSPS) is 11.1. The number of benzene rings is 2. The Bertz CT molecular complexity index is 992. The van der Waals surface area contributed by atoms with Crippen molar-refractivity contribution >= 4 is 44.8 Å². The molecule has 150 valence electrons. The van der Waals surface area contributed by atoms with Crippen LogP contribution in [0.5, 0.6) is 0 Å². The molecule has 0 aliphatic rings. The smallest absolute Gasteiger partial charge is 0.271 e. The van der Waals surface area contributed by atoms with Crippen LogP contribution in [0, 0.1) is 17.0 Å². The quantitative estimate of drug-likeness (QED) is 0.396. The number of sulfonamides is 1. The molecule has 28 heavy (non-hydrogen) atoms. The third-order valence-electron chi connectivity index (χ3n) is 3.82. The van der Waals surface area contributed by atoms with Gasteiger partial charge >= 0.3 is 0 Å². The summed E-state index contributed by atoms with van der Waals surface area (Å²) in [6, 6.07) is 11.1. The lowest BCUT2D eigenvalue weighted by molar-refractivity contribution is -0.384. The number of amides is 1. The summed E-state index contributed by atoms with van der Waals surface area (Å²) in [4.78, 5) is 23.9. The van der Waals surface area contributed by atoms with Crippen LogP contribution in [0.15, 0.2) is 47.4 Å². The second-order valence-electron chi connectivity index (χ2n) is 5.97. The third kappa shape index (κ3) is 5.46. The molecule has 1 amide bonds. The second-order valence-corrected chi connectivity index (χ2v) is 9.19. The highest BCUT2D eigenvalue weighted by atomic mass is 32.2. The van der Waals surface area contributed by atoms with Gasteiger partial charge in [0.25, 0.3) is 5.69 Å². The van der Waals surface area contributed by atoms with E-state index in [1.165, 1.54) is 12.1 Å². The summed E-state index contributed by atoms with van der Waals surface area (Å²) in [5, 5.41) is 13.8. The van der Waals surface area contributed by atoms with E-state index in [9.17, 15) is 23.3 Å². The molecule has 2 aromatic carbocycles. The number of hydrogen-bond donors (Lipinski definition) is 1. The van der Waals surface area contributed by atoms with Crippen molar-refractivity contribution in [2.24, 2.45) is 0 Å². The van der Waals surface area contributed by atoms with E-state index < -0.39 is 27.4 Å². The fraction of sp³-hybridized carbons (Fsp3) is 0.278. The number of thioether (sulfide) groups is 1. The number of anilines is 2. The molecule has 0 saturated carbocycles. The summed E-state index contributed by atoms with van der Waals surface area (Å²) in [5.74, 6) is 0.273. The molecule has 0 fully saturated rings. The lowest BCUT2D eigenvalue weighted by atomic mass is 10.2. The highest BCUT2D eigenvalue weighted by Crippen LogP contribution is 2.29. The Morgan fingerprint density at radius 3 is 2.54 bits per heavy atom. The van der Waals surface area contributed by atoms with Crippen molar-refractivity contribution in [2.75, 3.05) is 28.2 Å². The number of nitrogens with zero attached hydrogens (tertiary/aromatic N) is 2. The summed E-state index contributed by atoms with van der Waals surface area (Å²) in [7, 11) is -3.85. The van der Waals surface area contributed by atoms with Gasteiger partial charge in [-0.1, -0.05) is 25.1 Å². The van der Waals surface area contributed by atoms with Gasteiger partial charge in [0.1, 0.15) is 6.54 Å². The Balaban J connectivity index is 2.33. The number of rotatable bonds is 8. The molecule has 0 bridgehead atoms. The predicted molar refractivity (Wildman–Crippen MR) is 111 cm³/mol. The van der Waals surface area contributed by atoms with Crippen molar-refractivity contribution < 1.29 is 18.1 Å². The SMILES string of the molecule is CCSc1ccccc1NC(=O)CN(c1cc([N+](=O)[O-])ccc1C)S(C)(=O)=O. The van der Waals surface area contributed by atoms with Crippen LogP contribution in [0.1, 0.15) is 12.5 Å². The minimum Gasteiger partial charge on any atom is -0.323 e. The molecule has 0 saturated heterocycles. The van der Waals surface area contributed by atoms with Gasteiger partial charge in [-0.3, -0.25) is 19.2 Å². The standard InChI is InChI=1S/C18H21N3O5S2/c1-4-27-17-8-6-5-7-15(17)19-18(22)12-20(28(3,25)26)16-11-14(21(23)24)10-9-13(16)2/h5-11H,4,12H2,1-3H3,(H,19,22). The van der Waals surface area contributed by atoms with E-state index in [4.69, 9.17) is 0 Å². The average Bonchev–Trinajstić information content (AvgIpc) is 2.61. The van der Waals surface area contributed by atoms with Crippen LogP contribution in [-0.4, -0.2) is 37.8 Å². The van der Waals surface area contributed by atoms with Crippen LogP contribution in [-0.2, 0) is 14.8 Å². The van der Waals surface area contributed by atoms with Crippen molar-refractivity contribution in [3.8, 4) is 0 Å². The highest BCUT2D eigenvalue weighted by Gasteiger charge is 2.24. The number of aryl methyl sites for hydroxylation is 1. The molecule has 0 radical (unpaired) electrons. The Hall–Kier alpha value is -2.59. The minimum atomic E-state index is -3.85. The Morgan fingerprint density at radius 1 is 1.25 bits per heavy atom. The molecule has 0 spiro atoms. The van der Waals surface area contributed by atoms with Gasteiger partial charge in [0.05, 0.1) is 22.6 Å². The second kappa shape index (κ2) is 9.07. The summed E-state index contributed by atoms with van der Waals surface area (Å²) in [6.07, 6.45) is 0.958. The van der Waals surface area contributed by atoms with Crippen LogP contribution in [0.25, 0.3) is 0 Å². The first-order chi connectivity index (χ1) is 13.1. The first kappa shape index (κ1) is 21.7. The van der Waals surface area contributed by atoms with Gasteiger partial charge in [0.2, 0.25) is 15.9 Å². The van der Waals surface area contributed by atoms with Crippen molar-refractivity contribution in [1.29, 1.82) is 0 Å². The number of nitro groups is 1. The Kier molecular flexibility index (Phi) is 7.03. The van der Waals surface area contributed by atoms with Crippen LogP contribution in [0.3, 0.4) is 0 Å². The maximum absolute atomic E-state index is 12.6. The third-order valence-corrected chi connectivity index (χ3v) is 5.90. The predicted octanol–water partition coefficient (Wildman–Crippen LogP) is 3.42. The lowest BCUT2D eigenvalue weighted by Crippen LogP contribution is -2.38. The van der Waals surface area contributed by atoms with Gasteiger partial charge in [-0.2, -0.15) is 0 Å². The first-order valence-electron chi connectivity index (χ1n) is 8.38. The number of carbonyl (C=O) groups is 1. The van der Waals surface area contributed by atoms with Crippen LogP contribution in [0.2, 0.25) is 0 Å². The molecular weight excluding hydrogens is 402 g/mol. The number of nitrogens with one attached hydrogen (secondary N) is 1. The zero-order chi connectivity index (χ0) is 20.9. The van der Waals surface area contributed by atoms with Crippen molar-refractivity contribution in [3.05, 3.63) is 58.1 Å². The molecule has 0 atom stereocenters. The van der Waals surface area contributed by atoms with E-state index in [1.807, 2.05) is 19.1 Å². The van der Waals surface area contributed by atoms with Crippen LogP contribution >= 0.6 is 11.8 Å². The maximum Gasteiger partial charge on any atom is 0.271 e. The summed E-state index contributed by atoms with van der Waals surface area (Å²) >= 11 is 1.55. The largest absolute Gasteiger partial charge is 0.323 e. The Labute approximate surface area is 168 Å². The number of carbonyl (C=O) groups excluding carboxylic acids is 1. The molecular formula is C18H21N3O5S2. The monoisotopic (exact) mass is 423 g/mol. The molecule has 1 N–H and O–H groups in total. The number of para-hydroxylation sites is 1. The van der Waals surface area contributed by atoms with Crippen molar-refractivity contribution in [2.45, 2.75) is 18.7 Å². The maximum atomic E-state index is 12.6. The summed E-state index contributed by atoms with van der Waals surface area (Å²) in [6.45, 7) is 3.12. The molecule has 10 heteroatoms. The van der Waals surface area contributed by atoms with Gasteiger partial charge in [0.15, 0.2) is 0 Å². The molecule has 0 aliphatic carbocycles. The Morgan fingerprint density at radius 2 is 1.93 bits per heavy atom. The molecule has 0 heterocycles. The fourth-order valence-electron chi connectivity index (χ4n) is 2.53. The van der Waals surface area contributed by atoms with Crippen LogP contribution < -0.4 is 9.62 Å². The first-order valence-corrected chi connectivity index (χ1v) is 11.2. The molecule has 0 aliphatic heterocycles. The molecule has 0 aromatic heterocycles. The number of hydrogen-bond acceptors (Lipinski definition) is 6. The molecule has 8 nitrogen and oxygen atoms in total. The van der Waals surface area contributed by atoms with E-state index in [0.29, 0.717) is 11.3 Å². The van der Waals surface area contributed by atoms with Crippen molar-refractivity contribution in [1.82, 2.24) is 0 Å². The van der Waals surface area contributed by atoms with Gasteiger partial charge in [-0.15, -0.1) is 11.8 Å². The lowest BCUT2D eigenvalue weighted by Gasteiger charge is -2.23. The summed E-state index contributed by atoms with van der Waals surface area (Å²) in [5.41, 5.74) is 0.941. The van der Waals surface area contributed by atoms with E-state index >= 15 is 0 Å². The molecule has 0 unspecified atom stereocenters. The summed E-state index contributed by atoms with van der Waals surface area (Å²) < 4.78 is 25.5. The zero-order valence-corrected chi connectivity index (χ0v) is 17.3. The van der Waals surface area contributed by atoms with E-state index in [0.717, 1.165) is 27.3 Å². The number of non-ortho nitro benzene ring substituents is 1. The van der Waals surface area contributed by atoms with E-state index in [-0.39, 0.29) is 11.4 Å². The highest BCUT2D eigenvalue weighted by molar-refractivity contribution is 7.99. The zero-order valence-electron chi connectivity index (χ0n) is 15.7. The number of nitro benzene ring substituents is 1. The van der Waals surface area contributed by atoms with Gasteiger partial charge in [-0.25, -0.2) is 8.42 Å². The molecule has 2 aromatic rings. The average molecular weight is 424 g/mol. The topological polar surface area (TPSA) is 110 Å². The fourth-order valence-corrected chi connectivity index (χ4v) is 4.20. The minimum absolute atomic E-state index is 0.100. The van der Waals surface area contributed by atoms with Gasteiger partial charge in [0, 0.05) is 17.0 Å². The van der Waals surface area contributed by atoms with E-state index in [2.05, 4.69) is 5.32 Å².